The van der Waals surface area contributed by atoms with Gasteiger partial charge in [-0.15, -0.1) is 11.6 Å². The first-order chi connectivity index (χ1) is 6.58. The molecule has 0 heterocycles. The molecular formula is C10H11ClO3. The van der Waals surface area contributed by atoms with Crippen LogP contribution in [-0.2, 0) is 4.79 Å². The molecule has 0 radical (unpaired) electrons. The van der Waals surface area contributed by atoms with Gasteiger partial charge in [0.25, 0.3) is 0 Å². The highest BCUT2D eigenvalue weighted by Crippen LogP contribution is 2.19. The van der Waals surface area contributed by atoms with E-state index in [1.807, 2.05) is 6.07 Å². The van der Waals surface area contributed by atoms with Gasteiger partial charge in [-0.2, -0.15) is 0 Å². The quantitative estimate of drug-likeness (QED) is 0.782. The number of rotatable bonds is 4. The van der Waals surface area contributed by atoms with E-state index in [9.17, 15) is 4.79 Å². The monoisotopic (exact) mass is 214 g/mol. The second kappa shape index (κ2) is 4.33. The average molecular weight is 215 g/mol. The van der Waals surface area contributed by atoms with Crippen LogP contribution in [0.25, 0.3) is 0 Å². The van der Waals surface area contributed by atoms with E-state index in [1.165, 1.54) is 6.92 Å². The summed E-state index contributed by atoms with van der Waals surface area (Å²) in [5, 5.41) is 8.88. The Hall–Kier alpha value is -1.22. The van der Waals surface area contributed by atoms with Crippen molar-refractivity contribution in [3.05, 3.63) is 30.3 Å². The Bertz CT molecular complexity index is 312. The molecule has 0 saturated carbocycles. The highest BCUT2D eigenvalue weighted by molar-refractivity contribution is 6.20. The van der Waals surface area contributed by atoms with Crippen LogP contribution in [0, 0.1) is 0 Å². The number of benzene rings is 1. The summed E-state index contributed by atoms with van der Waals surface area (Å²) in [5.41, 5.74) is -1.37. The Morgan fingerprint density at radius 1 is 1.50 bits per heavy atom. The fourth-order valence-corrected chi connectivity index (χ4v) is 1.05. The summed E-state index contributed by atoms with van der Waals surface area (Å²) in [7, 11) is 0. The lowest BCUT2D eigenvalue weighted by Crippen LogP contribution is -2.43. The molecule has 1 aromatic rings. The molecule has 76 valence electrons. The molecule has 0 saturated heterocycles. The van der Waals surface area contributed by atoms with Crippen LogP contribution in [-0.4, -0.2) is 22.6 Å². The molecule has 0 aliphatic rings. The fraction of sp³-hybridized carbons (Fsp3) is 0.300. The van der Waals surface area contributed by atoms with E-state index >= 15 is 0 Å². The van der Waals surface area contributed by atoms with E-state index in [0.717, 1.165) is 0 Å². The van der Waals surface area contributed by atoms with Crippen molar-refractivity contribution in [3.63, 3.8) is 0 Å². The fourth-order valence-electron chi connectivity index (χ4n) is 0.877. The molecule has 0 aromatic heterocycles. The standard InChI is InChI=1S/C10H11ClO3/c1-10(7-11,9(12)13)14-8-5-3-2-4-6-8/h2-6H,7H2,1H3,(H,12,13). The summed E-state index contributed by atoms with van der Waals surface area (Å²) < 4.78 is 5.28. The molecule has 1 unspecified atom stereocenters. The summed E-state index contributed by atoms with van der Waals surface area (Å²) >= 11 is 5.55. The smallest absolute Gasteiger partial charge is 0.349 e. The molecule has 0 amide bonds. The zero-order chi connectivity index (χ0) is 10.6. The number of hydrogen-bond acceptors (Lipinski definition) is 2. The van der Waals surface area contributed by atoms with Gasteiger partial charge in [0, 0.05) is 0 Å². The van der Waals surface area contributed by atoms with Gasteiger partial charge in [-0.25, -0.2) is 4.79 Å². The number of para-hydroxylation sites is 1. The van der Waals surface area contributed by atoms with Crippen molar-refractivity contribution in [1.29, 1.82) is 0 Å². The number of halogens is 1. The van der Waals surface area contributed by atoms with Crippen LogP contribution in [0.3, 0.4) is 0 Å². The van der Waals surface area contributed by atoms with Crippen molar-refractivity contribution < 1.29 is 14.6 Å². The Kier molecular flexibility index (Phi) is 3.36. The minimum Gasteiger partial charge on any atom is -0.478 e. The molecule has 14 heavy (non-hydrogen) atoms. The third-order valence-corrected chi connectivity index (χ3v) is 2.30. The lowest BCUT2D eigenvalue weighted by Gasteiger charge is -2.23. The molecule has 0 spiro atoms. The SMILES string of the molecule is CC(CCl)(Oc1ccccc1)C(=O)O. The minimum atomic E-state index is -1.37. The second-order valence-corrected chi connectivity index (χ2v) is 3.35. The van der Waals surface area contributed by atoms with Crippen molar-refractivity contribution in [1.82, 2.24) is 0 Å². The van der Waals surface area contributed by atoms with Crippen LogP contribution in [0.5, 0.6) is 5.75 Å². The van der Waals surface area contributed by atoms with Crippen LogP contribution >= 0.6 is 11.6 Å². The molecule has 0 aliphatic heterocycles. The number of hydrogen-bond donors (Lipinski definition) is 1. The number of carbonyl (C=O) groups is 1. The van der Waals surface area contributed by atoms with E-state index < -0.39 is 11.6 Å². The maximum Gasteiger partial charge on any atom is 0.349 e. The van der Waals surface area contributed by atoms with Crippen molar-refractivity contribution in [3.8, 4) is 5.75 Å². The van der Waals surface area contributed by atoms with E-state index in [-0.39, 0.29) is 5.88 Å². The van der Waals surface area contributed by atoms with Crippen molar-refractivity contribution >= 4 is 17.6 Å². The maximum atomic E-state index is 10.8. The Labute approximate surface area is 87.3 Å². The number of aliphatic carboxylic acids is 1. The first-order valence-corrected chi connectivity index (χ1v) is 4.65. The van der Waals surface area contributed by atoms with Gasteiger partial charge in [-0.3, -0.25) is 0 Å². The lowest BCUT2D eigenvalue weighted by molar-refractivity contribution is -0.151. The molecule has 1 rings (SSSR count). The second-order valence-electron chi connectivity index (χ2n) is 3.08. The van der Waals surface area contributed by atoms with Gasteiger partial charge >= 0.3 is 5.97 Å². The van der Waals surface area contributed by atoms with Gasteiger partial charge in [0.2, 0.25) is 5.60 Å². The van der Waals surface area contributed by atoms with Crippen molar-refractivity contribution in [2.24, 2.45) is 0 Å². The van der Waals surface area contributed by atoms with E-state index in [4.69, 9.17) is 21.4 Å². The van der Waals surface area contributed by atoms with Gasteiger partial charge in [0.15, 0.2) is 0 Å². The average Bonchev–Trinajstić information content (AvgIpc) is 2.19. The van der Waals surface area contributed by atoms with Gasteiger partial charge in [0.05, 0.1) is 5.88 Å². The van der Waals surface area contributed by atoms with Crippen LogP contribution in [0.4, 0.5) is 0 Å². The molecule has 3 nitrogen and oxygen atoms in total. The predicted molar refractivity (Wildman–Crippen MR) is 53.8 cm³/mol. The van der Waals surface area contributed by atoms with E-state index in [2.05, 4.69) is 0 Å². The lowest BCUT2D eigenvalue weighted by atomic mass is 10.1. The molecule has 1 N–H and O–H groups in total. The molecule has 0 fully saturated rings. The summed E-state index contributed by atoms with van der Waals surface area (Å²) in [6.07, 6.45) is 0. The summed E-state index contributed by atoms with van der Waals surface area (Å²) in [6.45, 7) is 1.44. The third kappa shape index (κ3) is 2.39. The van der Waals surface area contributed by atoms with E-state index in [1.54, 1.807) is 24.3 Å². The Morgan fingerprint density at radius 2 is 2.07 bits per heavy atom. The van der Waals surface area contributed by atoms with Crippen LogP contribution in [0.15, 0.2) is 30.3 Å². The maximum absolute atomic E-state index is 10.8. The van der Waals surface area contributed by atoms with Gasteiger partial charge in [0.1, 0.15) is 5.75 Å². The van der Waals surface area contributed by atoms with Gasteiger partial charge < -0.3 is 9.84 Å². The van der Waals surface area contributed by atoms with Crippen LogP contribution < -0.4 is 4.74 Å². The molecule has 1 aromatic carbocycles. The van der Waals surface area contributed by atoms with Crippen molar-refractivity contribution in [2.75, 3.05) is 5.88 Å². The number of alkyl halides is 1. The zero-order valence-corrected chi connectivity index (χ0v) is 8.49. The van der Waals surface area contributed by atoms with Crippen LogP contribution in [0.1, 0.15) is 6.92 Å². The summed E-state index contributed by atoms with van der Waals surface area (Å²) in [6, 6.07) is 8.74. The van der Waals surface area contributed by atoms with Crippen LogP contribution in [0.2, 0.25) is 0 Å². The topological polar surface area (TPSA) is 46.5 Å². The van der Waals surface area contributed by atoms with E-state index in [0.29, 0.717) is 5.75 Å². The molecule has 1 atom stereocenters. The van der Waals surface area contributed by atoms with Gasteiger partial charge in [-0.1, -0.05) is 18.2 Å². The highest BCUT2D eigenvalue weighted by atomic mass is 35.5. The Balaban J connectivity index is 2.81. The minimum absolute atomic E-state index is 0.1000. The number of carboxylic acids is 1. The first-order valence-electron chi connectivity index (χ1n) is 4.12. The third-order valence-electron chi connectivity index (χ3n) is 1.79. The summed E-state index contributed by atoms with van der Waals surface area (Å²) in [4.78, 5) is 10.8. The molecule has 0 aliphatic carbocycles. The molecular weight excluding hydrogens is 204 g/mol. The summed E-state index contributed by atoms with van der Waals surface area (Å²) in [5.74, 6) is -0.675. The Morgan fingerprint density at radius 3 is 2.50 bits per heavy atom. The predicted octanol–water partition coefficient (Wildman–Crippen LogP) is 2.15. The highest BCUT2D eigenvalue weighted by Gasteiger charge is 2.34. The first kappa shape index (κ1) is 10.9. The largest absolute Gasteiger partial charge is 0.478 e. The number of ether oxygens (including phenoxy) is 1. The molecule has 4 heteroatoms. The van der Waals surface area contributed by atoms with Crippen molar-refractivity contribution in [2.45, 2.75) is 12.5 Å². The normalized spacial score (nSPS) is 14.4. The zero-order valence-electron chi connectivity index (χ0n) is 7.74. The van der Waals surface area contributed by atoms with Gasteiger partial charge in [-0.05, 0) is 19.1 Å². The molecule has 0 bridgehead atoms. The number of carboxylic acid groups (broad SMARTS) is 1.